The van der Waals surface area contributed by atoms with Gasteiger partial charge in [0.25, 0.3) is 0 Å². The minimum atomic E-state index is -0.203. The topological polar surface area (TPSA) is 73.1 Å². The van der Waals surface area contributed by atoms with Crippen molar-refractivity contribution in [3.63, 3.8) is 0 Å². The Morgan fingerprint density at radius 1 is 1.19 bits per heavy atom. The highest BCUT2D eigenvalue weighted by Gasteiger charge is 2.16. The molecule has 0 fully saturated rings. The number of hydrazine groups is 1. The zero-order valence-corrected chi connectivity index (χ0v) is 11.7. The molecule has 5 nitrogen and oxygen atoms in total. The molecule has 2 heterocycles. The highest BCUT2D eigenvalue weighted by atomic mass is 16.5. The van der Waals surface area contributed by atoms with E-state index in [1.807, 2.05) is 36.4 Å². The lowest BCUT2D eigenvalue weighted by Crippen LogP contribution is -2.29. The number of nitrogens with one attached hydrogen (secondary N) is 1. The van der Waals surface area contributed by atoms with Gasteiger partial charge < -0.3 is 4.74 Å². The Labute approximate surface area is 122 Å². The number of nitrogens with zero attached hydrogens (tertiary/aromatic N) is 2. The second kappa shape index (κ2) is 5.87. The number of fused-ring (bicyclic) bond motifs is 1. The number of hydrogen-bond acceptors (Lipinski definition) is 5. The van der Waals surface area contributed by atoms with Gasteiger partial charge in [-0.1, -0.05) is 24.3 Å². The Hall–Kier alpha value is -2.50. The number of benzene rings is 1. The van der Waals surface area contributed by atoms with Crippen LogP contribution in [0.3, 0.4) is 0 Å². The number of methoxy groups -OCH3 is 1. The van der Waals surface area contributed by atoms with Crippen LogP contribution in [0.4, 0.5) is 0 Å². The maximum absolute atomic E-state index is 5.77. The molecule has 0 aliphatic heterocycles. The zero-order valence-electron chi connectivity index (χ0n) is 11.7. The molecule has 2 aromatic heterocycles. The lowest BCUT2D eigenvalue weighted by Gasteiger charge is -2.18. The van der Waals surface area contributed by atoms with Crippen LogP contribution in [0.15, 0.2) is 55.0 Å². The van der Waals surface area contributed by atoms with Crippen molar-refractivity contribution in [1.29, 1.82) is 0 Å². The maximum Gasteiger partial charge on any atom is 0.137 e. The van der Waals surface area contributed by atoms with Crippen LogP contribution in [-0.4, -0.2) is 17.1 Å². The van der Waals surface area contributed by atoms with Crippen LogP contribution in [0.2, 0.25) is 0 Å². The summed E-state index contributed by atoms with van der Waals surface area (Å²) in [5.74, 6) is 6.47. The van der Waals surface area contributed by atoms with Crippen LogP contribution in [0, 0.1) is 0 Å². The van der Waals surface area contributed by atoms with Gasteiger partial charge in [0.2, 0.25) is 0 Å². The first kappa shape index (κ1) is 13.5. The van der Waals surface area contributed by atoms with Crippen molar-refractivity contribution in [1.82, 2.24) is 15.4 Å². The largest absolute Gasteiger partial charge is 0.495 e. The number of pyridine rings is 2. The van der Waals surface area contributed by atoms with Crippen molar-refractivity contribution in [2.24, 2.45) is 5.84 Å². The van der Waals surface area contributed by atoms with Crippen LogP contribution in [-0.2, 0) is 0 Å². The van der Waals surface area contributed by atoms with Crippen LogP contribution in [0.25, 0.3) is 10.9 Å². The third-order valence-electron chi connectivity index (χ3n) is 3.44. The molecule has 1 unspecified atom stereocenters. The van der Waals surface area contributed by atoms with Gasteiger partial charge >= 0.3 is 0 Å². The lowest BCUT2D eigenvalue weighted by molar-refractivity contribution is 0.411. The van der Waals surface area contributed by atoms with Gasteiger partial charge in [0.05, 0.1) is 24.9 Å². The second-order valence-corrected chi connectivity index (χ2v) is 4.68. The summed E-state index contributed by atoms with van der Waals surface area (Å²) in [5, 5.41) is 1.08. The van der Waals surface area contributed by atoms with Gasteiger partial charge in [0, 0.05) is 23.3 Å². The molecule has 21 heavy (non-hydrogen) atoms. The molecule has 3 aromatic rings. The van der Waals surface area contributed by atoms with Crippen LogP contribution >= 0.6 is 0 Å². The first-order valence-corrected chi connectivity index (χ1v) is 6.62. The molecule has 0 saturated heterocycles. The first-order valence-electron chi connectivity index (χ1n) is 6.62. The molecule has 0 spiro atoms. The number of nitrogens with two attached hydrogens (primary N) is 1. The molecule has 3 rings (SSSR count). The Bertz CT molecular complexity index is 755. The highest BCUT2D eigenvalue weighted by Crippen LogP contribution is 2.28. The molecule has 0 aliphatic rings. The second-order valence-electron chi connectivity index (χ2n) is 4.68. The number of rotatable bonds is 4. The van der Waals surface area contributed by atoms with E-state index < -0.39 is 0 Å². The summed E-state index contributed by atoms with van der Waals surface area (Å²) in [6.45, 7) is 0. The molecular formula is C16H16N4O. The van der Waals surface area contributed by atoms with E-state index in [9.17, 15) is 0 Å². The Morgan fingerprint density at radius 3 is 2.86 bits per heavy atom. The van der Waals surface area contributed by atoms with Gasteiger partial charge in [-0.25, -0.2) is 5.43 Å². The Kier molecular flexibility index (Phi) is 3.77. The molecule has 5 heteroatoms. The van der Waals surface area contributed by atoms with Crippen LogP contribution in [0.5, 0.6) is 5.75 Å². The smallest absolute Gasteiger partial charge is 0.137 e. The zero-order chi connectivity index (χ0) is 14.7. The molecule has 0 radical (unpaired) electrons. The third-order valence-corrected chi connectivity index (χ3v) is 3.44. The van der Waals surface area contributed by atoms with Crippen molar-refractivity contribution in [2.75, 3.05) is 7.11 Å². The molecular weight excluding hydrogens is 264 g/mol. The normalized spacial score (nSPS) is 12.3. The number of hydrogen-bond donors (Lipinski definition) is 2. The number of ether oxygens (including phenoxy) is 1. The van der Waals surface area contributed by atoms with Crippen molar-refractivity contribution in [3.8, 4) is 5.75 Å². The van der Waals surface area contributed by atoms with E-state index in [-0.39, 0.29) is 6.04 Å². The molecule has 3 N–H and O–H groups in total. The van der Waals surface area contributed by atoms with Crippen LogP contribution < -0.4 is 16.0 Å². The van der Waals surface area contributed by atoms with E-state index in [2.05, 4.69) is 15.4 Å². The first-order chi connectivity index (χ1) is 10.3. The predicted octanol–water partition coefficient (Wildman–Crippen LogP) is 2.19. The van der Waals surface area contributed by atoms with Gasteiger partial charge in [0.15, 0.2) is 0 Å². The van der Waals surface area contributed by atoms with Gasteiger partial charge in [-0.3, -0.25) is 15.8 Å². The summed E-state index contributed by atoms with van der Waals surface area (Å²) in [6, 6.07) is 11.7. The fourth-order valence-corrected chi connectivity index (χ4v) is 2.43. The van der Waals surface area contributed by atoms with E-state index in [4.69, 9.17) is 10.6 Å². The average Bonchev–Trinajstić information content (AvgIpc) is 2.56. The summed E-state index contributed by atoms with van der Waals surface area (Å²) in [4.78, 5) is 8.66. The van der Waals surface area contributed by atoms with E-state index in [1.165, 1.54) is 0 Å². The van der Waals surface area contributed by atoms with Gasteiger partial charge in [-0.15, -0.1) is 0 Å². The molecule has 1 atom stereocenters. The molecule has 0 amide bonds. The summed E-state index contributed by atoms with van der Waals surface area (Å²) in [5.41, 5.74) is 5.70. The van der Waals surface area contributed by atoms with Crippen molar-refractivity contribution >= 4 is 10.9 Å². The molecule has 0 saturated carbocycles. The van der Waals surface area contributed by atoms with Crippen molar-refractivity contribution < 1.29 is 4.74 Å². The summed E-state index contributed by atoms with van der Waals surface area (Å²) < 4.78 is 5.23. The average molecular weight is 280 g/mol. The minimum Gasteiger partial charge on any atom is -0.495 e. The van der Waals surface area contributed by atoms with E-state index in [0.717, 1.165) is 22.0 Å². The van der Waals surface area contributed by atoms with Gasteiger partial charge in [-0.2, -0.15) is 0 Å². The third kappa shape index (κ3) is 2.56. The molecule has 106 valence electrons. The van der Waals surface area contributed by atoms with Gasteiger partial charge in [-0.05, 0) is 17.7 Å². The Balaban J connectivity index is 2.13. The fourth-order valence-electron chi connectivity index (χ4n) is 2.43. The van der Waals surface area contributed by atoms with E-state index >= 15 is 0 Å². The summed E-state index contributed by atoms with van der Waals surface area (Å²) in [6.07, 6.45) is 5.22. The maximum atomic E-state index is 5.77. The Morgan fingerprint density at radius 2 is 2.05 bits per heavy atom. The fraction of sp³-hybridized carbons (Fsp3) is 0.125. The monoisotopic (exact) mass is 280 g/mol. The SMILES string of the molecule is COc1cncc(C(NN)c2cccc3cccnc23)c1. The highest BCUT2D eigenvalue weighted by molar-refractivity contribution is 5.82. The quantitative estimate of drug-likeness (QED) is 0.566. The number of aromatic nitrogens is 2. The van der Waals surface area contributed by atoms with E-state index in [0.29, 0.717) is 5.75 Å². The lowest BCUT2D eigenvalue weighted by atomic mass is 9.98. The number of para-hydroxylation sites is 1. The van der Waals surface area contributed by atoms with Crippen molar-refractivity contribution in [2.45, 2.75) is 6.04 Å². The predicted molar refractivity (Wildman–Crippen MR) is 81.7 cm³/mol. The standard InChI is InChI=1S/C16H16N4O/c1-21-13-8-12(9-18-10-13)16(20-17)14-6-2-4-11-5-3-7-19-15(11)14/h2-10,16,20H,17H2,1H3. The molecule has 0 aliphatic carbocycles. The van der Waals surface area contributed by atoms with E-state index in [1.54, 1.807) is 25.7 Å². The summed E-state index contributed by atoms with van der Waals surface area (Å²) in [7, 11) is 1.62. The van der Waals surface area contributed by atoms with Crippen molar-refractivity contribution in [3.05, 3.63) is 66.1 Å². The molecule has 0 bridgehead atoms. The van der Waals surface area contributed by atoms with Gasteiger partial charge in [0.1, 0.15) is 5.75 Å². The minimum absolute atomic E-state index is 0.203. The molecule has 1 aromatic carbocycles. The summed E-state index contributed by atoms with van der Waals surface area (Å²) >= 11 is 0. The van der Waals surface area contributed by atoms with Crippen LogP contribution in [0.1, 0.15) is 17.2 Å².